The van der Waals surface area contributed by atoms with E-state index >= 15 is 0 Å². The Labute approximate surface area is 186 Å². The van der Waals surface area contributed by atoms with Crippen molar-refractivity contribution in [1.29, 1.82) is 0 Å². The fraction of sp³-hybridized carbons (Fsp3) is 0.231. The number of ether oxygens (including phenoxy) is 2. The lowest BCUT2D eigenvalue weighted by molar-refractivity contribution is -0.122. The molecule has 0 aliphatic carbocycles. The van der Waals surface area contributed by atoms with Crippen LogP contribution in [0.25, 0.3) is 21.8 Å². The molecule has 1 atom stereocenters. The van der Waals surface area contributed by atoms with Gasteiger partial charge < -0.3 is 19.4 Å². The summed E-state index contributed by atoms with van der Waals surface area (Å²) in [6.07, 6.45) is 0. The molecule has 6 nitrogen and oxygen atoms in total. The molecule has 4 aromatic rings. The predicted octanol–water partition coefficient (Wildman–Crippen LogP) is 4.44. The van der Waals surface area contributed by atoms with E-state index in [1.807, 2.05) is 73.0 Å². The molecule has 4 rings (SSSR count). The largest absolute Gasteiger partial charge is 0.493 e. The molecule has 164 valence electrons. The molecule has 1 aromatic heterocycles. The molecule has 1 N–H and O–H groups in total. The van der Waals surface area contributed by atoms with E-state index in [0.717, 1.165) is 16.6 Å². The van der Waals surface area contributed by atoms with Gasteiger partial charge in [0.1, 0.15) is 6.54 Å². The molecule has 0 radical (unpaired) electrons. The van der Waals surface area contributed by atoms with Gasteiger partial charge in [-0.05, 0) is 55.8 Å². The number of nitrogens with zero attached hydrogens (tertiary/aromatic N) is 1. The van der Waals surface area contributed by atoms with Crippen LogP contribution >= 0.6 is 0 Å². The van der Waals surface area contributed by atoms with E-state index in [0.29, 0.717) is 28.9 Å². The molecule has 0 fully saturated rings. The second-order valence-corrected chi connectivity index (χ2v) is 7.58. The second-order valence-electron chi connectivity index (χ2n) is 7.58. The Hall–Kier alpha value is -3.80. The number of hydrogen-bond donors (Lipinski definition) is 1. The Morgan fingerprint density at radius 3 is 2.19 bits per heavy atom. The third kappa shape index (κ3) is 4.04. The van der Waals surface area contributed by atoms with Crippen molar-refractivity contribution in [2.45, 2.75) is 26.4 Å². The van der Waals surface area contributed by atoms with Gasteiger partial charge in [-0.2, -0.15) is 0 Å². The molecule has 0 saturated carbocycles. The van der Waals surface area contributed by atoms with Crippen molar-refractivity contribution >= 4 is 27.7 Å². The van der Waals surface area contributed by atoms with Crippen molar-refractivity contribution in [3.63, 3.8) is 0 Å². The van der Waals surface area contributed by atoms with E-state index < -0.39 is 0 Å². The number of pyridine rings is 1. The maximum absolute atomic E-state index is 13.0. The number of nitrogens with one attached hydrogen (secondary N) is 1. The Morgan fingerprint density at radius 2 is 1.59 bits per heavy atom. The Kier molecular flexibility index (Phi) is 6.12. The second kappa shape index (κ2) is 9.14. The minimum absolute atomic E-state index is 0.0253. The Morgan fingerprint density at radius 1 is 0.969 bits per heavy atom. The average molecular weight is 431 g/mol. The molecule has 6 heteroatoms. The van der Waals surface area contributed by atoms with Gasteiger partial charge in [0.15, 0.2) is 16.9 Å². The van der Waals surface area contributed by atoms with E-state index in [-0.39, 0.29) is 23.9 Å². The molecule has 0 saturated heterocycles. The van der Waals surface area contributed by atoms with Gasteiger partial charge in [0.25, 0.3) is 0 Å². The fourth-order valence-corrected chi connectivity index (χ4v) is 3.99. The topological polar surface area (TPSA) is 69.6 Å². The number of amides is 1. The Balaban J connectivity index is 1.63. The van der Waals surface area contributed by atoms with E-state index in [1.165, 1.54) is 0 Å². The summed E-state index contributed by atoms with van der Waals surface area (Å²) in [4.78, 5) is 25.9. The standard InChI is InChI=1S/C26H26N2O4/c1-4-32-23-14-13-18(15-24(23)31-3)17(2)27-25(29)16-28-21-11-7-5-9-19(21)26(30)20-10-6-8-12-22(20)28/h5-15,17H,4,16H2,1-3H3,(H,27,29). The number of benzene rings is 3. The molecule has 1 unspecified atom stereocenters. The lowest BCUT2D eigenvalue weighted by atomic mass is 10.1. The first-order valence-corrected chi connectivity index (χ1v) is 10.6. The van der Waals surface area contributed by atoms with Crippen molar-refractivity contribution in [2.75, 3.05) is 13.7 Å². The first kappa shape index (κ1) is 21.4. The van der Waals surface area contributed by atoms with Gasteiger partial charge in [-0.25, -0.2) is 0 Å². The van der Waals surface area contributed by atoms with Gasteiger partial charge in [-0.1, -0.05) is 30.3 Å². The third-order valence-electron chi connectivity index (χ3n) is 5.55. The van der Waals surface area contributed by atoms with Crippen molar-refractivity contribution in [3.05, 3.63) is 82.5 Å². The van der Waals surface area contributed by atoms with E-state index in [1.54, 1.807) is 19.2 Å². The SMILES string of the molecule is CCOc1ccc(C(C)NC(=O)Cn2c3ccccc3c(=O)c3ccccc32)cc1OC. The number of hydrogen-bond acceptors (Lipinski definition) is 4. The summed E-state index contributed by atoms with van der Waals surface area (Å²) in [6.45, 7) is 4.48. The van der Waals surface area contributed by atoms with Crippen LogP contribution in [0, 0.1) is 0 Å². The zero-order chi connectivity index (χ0) is 22.7. The Bertz CT molecular complexity index is 1280. The number of fused-ring (bicyclic) bond motifs is 2. The van der Waals surface area contributed by atoms with Gasteiger partial charge in [-0.3, -0.25) is 9.59 Å². The number of carbonyl (C=O) groups is 1. The molecule has 32 heavy (non-hydrogen) atoms. The van der Waals surface area contributed by atoms with Gasteiger partial charge in [-0.15, -0.1) is 0 Å². The first-order chi connectivity index (χ1) is 15.5. The van der Waals surface area contributed by atoms with Crippen LogP contribution in [-0.2, 0) is 11.3 Å². The molecule has 0 bridgehead atoms. The minimum atomic E-state index is -0.232. The fourth-order valence-electron chi connectivity index (χ4n) is 3.99. The summed E-state index contributed by atoms with van der Waals surface area (Å²) in [7, 11) is 1.59. The summed E-state index contributed by atoms with van der Waals surface area (Å²) in [5.41, 5.74) is 2.36. The smallest absolute Gasteiger partial charge is 0.240 e. The number of methoxy groups -OCH3 is 1. The quantitative estimate of drug-likeness (QED) is 0.440. The van der Waals surface area contributed by atoms with Gasteiger partial charge in [0.2, 0.25) is 5.91 Å². The number of rotatable bonds is 7. The van der Waals surface area contributed by atoms with Crippen LogP contribution in [0.1, 0.15) is 25.5 Å². The number of aromatic nitrogens is 1. The van der Waals surface area contributed by atoms with Crippen LogP contribution in [-0.4, -0.2) is 24.2 Å². The predicted molar refractivity (Wildman–Crippen MR) is 126 cm³/mol. The normalized spacial score (nSPS) is 12.0. The molecule has 0 aliphatic rings. The first-order valence-electron chi connectivity index (χ1n) is 10.6. The van der Waals surface area contributed by atoms with Crippen molar-refractivity contribution in [3.8, 4) is 11.5 Å². The lowest BCUT2D eigenvalue weighted by Gasteiger charge is -2.19. The lowest BCUT2D eigenvalue weighted by Crippen LogP contribution is -2.30. The molecule has 0 spiro atoms. The van der Waals surface area contributed by atoms with Crippen molar-refractivity contribution in [2.24, 2.45) is 0 Å². The van der Waals surface area contributed by atoms with E-state index in [4.69, 9.17) is 9.47 Å². The van der Waals surface area contributed by atoms with Gasteiger partial charge in [0.05, 0.1) is 30.8 Å². The van der Waals surface area contributed by atoms with Crippen LogP contribution in [0.3, 0.4) is 0 Å². The summed E-state index contributed by atoms with van der Waals surface area (Å²) < 4.78 is 12.9. The van der Waals surface area contributed by atoms with Gasteiger partial charge >= 0.3 is 0 Å². The highest BCUT2D eigenvalue weighted by Crippen LogP contribution is 2.30. The van der Waals surface area contributed by atoms with Crippen LogP contribution in [0.2, 0.25) is 0 Å². The summed E-state index contributed by atoms with van der Waals surface area (Å²) in [6, 6.07) is 20.2. The summed E-state index contributed by atoms with van der Waals surface area (Å²) in [5.74, 6) is 1.15. The van der Waals surface area contributed by atoms with Crippen LogP contribution in [0.15, 0.2) is 71.5 Å². The molecular formula is C26H26N2O4. The number of para-hydroxylation sites is 2. The molecule has 1 heterocycles. The minimum Gasteiger partial charge on any atom is -0.493 e. The van der Waals surface area contributed by atoms with Crippen molar-refractivity contribution in [1.82, 2.24) is 9.88 Å². The average Bonchev–Trinajstić information content (AvgIpc) is 2.82. The molecular weight excluding hydrogens is 404 g/mol. The van der Waals surface area contributed by atoms with Crippen LogP contribution in [0.5, 0.6) is 11.5 Å². The van der Waals surface area contributed by atoms with Crippen molar-refractivity contribution < 1.29 is 14.3 Å². The zero-order valence-electron chi connectivity index (χ0n) is 18.4. The molecule has 1 amide bonds. The van der Waals surface area contributed by atoms with E-state index in [9.17, 15) is 9.59 Å². The summed E-state index contributed by atoms with van der Waals surface area (Å²) in [5, 5.41) is 4.26. The maximum atomic E-state index is 13.0. The highest BCUT2D eigenvalue weighted by atomic mass is 16.5. The molecule has 0 aliphatic heterocycles. The highest BCUT2D eigenvalue weighted by Gasteiger charge is 2.16. The monoisotopic (exact) mass is 430 g/mol. The third-order valence-corrected chi connectivity index (χ3v) is 5.55. The highest BCUT2D eigenvalue weighted by molar-refractivity contribution is 5.94. The zero-order valence-corrected chi connectivity index (χ0v) is 18.4. The molecule has 3 aromatic carbocycles. The summed E-state index contributed by atoms with van der Waals surface area (Å²) >= 11 is 0. The van der Waals surface area contributed by atoms with E-state index in [2.05, 4.69) is 5.32 Å². The number of carbonyl (C=O) groups excluding carboxylic acids is 1. The van der Waals surface area contributed by atoms with Crippen LogP contribution in [0.4, 0.5) is 0 Å². The maximum Gasteiger partial charge on any atom is 0.240 e. The van der Waals surface area contributed by atoms with Gasteiger partial charge in [0, 0.05) is 10.8 Å². The van der Waals surface area contributed by atoms with Crippen LogP contribution < -0.4 is 20.2 Å².